The van der Waals surface area contributed by atoms with Gasteiger partial charge in [-0.2, -0.15) is 0 Å². The third-order valence-electron chi connectivity index (χ3n) is 0.746. The normalized spacial score (nSPS) is 13.4. The second-order valence-corrected chi connectivity index (χ2v) is 1.37. The Morgan fingerprint density at radius 3 is 2.38 bits per heavy atom. The molecule has 0 bridgehead atoms. The molecule has 0 spiro atoms. The van der Waals surface area contributed by atoms with Gasteiger partial charge >= 0.3 is 0 Å². The zero-order chi connectivity index (χ0) is 6.57. The first kappa shape index (κ1) is 7.55. The minimum atomic E-state index is -1.29. The van der Waals surface area contributed by atoms with Crippen molar-refractivity contribution in [2.75, 3.05) is 13.2 Å². The average molecular weight is 119 g/mol. The van der Waals surface area contributed by atoms with Crippen LogP contribution in [0, 0.1) is 0 Å². The van der Waals surface area contributed by atoms with E-state index in [0.717, 1.165) is 0 Å². The second-order valence-electron chi connectivity index (χ2n) is 1.37. The van der Waals surface area contributed by atoms with Crippen molar-refractivity contribution in [3.05, 3.63) is 0 Å². The molecule has 0 amide bonds. The summed E-state index contributed by atoms with van der Waals surface area (Å²) in [7, 11) is 0. The Morgan fingerprint density at radius 2 is 2.25 bits per heavy atom. The van der Waals surface area contributed by atoms with E-state index in [-0.39, 0.29) is 6.54 Å². The molecule has 48 valence electrons. The highest BCUT2D eigenvalue weighted by Gasteiger charge is 2.09. The van der Waals surface area contributed by atoms with E-state index < -0.39 is 18.5 Å². The van der Waals surface area contributed by atoms with E-state index in [2.05, 4.69) is 0 Å². The van der Waals surface area contributed by atoms with E-state index in [1.807, 2.05) is 0 Å². The molecule has 8 heavy (non-hydrogen) atoms. The first-order valence-electron chi connectivity index (χ1n) is 2.24. The molecule has 4 heteroatoms. The highest BCUT2D eigenvalue weighted by atomic mass is 16.3. The fourth-order valence-electron chi connectivity index (χ4n) is 0.238. The van der Waals surface area contributed by atoms with Crippen LogP contribution < -0.4 is 5.73 Å². The number of aliphatic hydroxyl groups excluding tert-OH is 2. The molecule has 0 fully saturated rings. The number of rotatable bonds is 3. The SMILES string of the molecule is NCC(=O)[C@H](O)CO. The number of aliphatic hydroxyl groups is 2. The lowest BCUT2D eigenvalue weighted by Gasteiger charge is -2.00. The lowest BCUT2D eigenvalue weighted by molar-refractivity contribution is -0.127. The van der Waals surface area contributed by atoms with Gasteiger partial charge in [0.1, 0.15) is 6.10 Å². The van der Waals surface area contributed by atoms with Gasteiger partial charge in [0.05, 0.1) is 13.2 Å². The van der Waals surface area contributed by atoms with Crippen LogP contribution >= 0.6 is 0 Å². The maximum Gasteiger partial charge on any atom is 0.177 e. The summed E-state index contributed by atoms with van der Waals surface area (Å²) in [6.45, 7) is -0.766. The Balaban J connectivity index is 3.46. The Kier molecular flexibility index (Phi) is 3.34. The summed E-state index contributed by atoms with van der Waals surface area (Å²) < 4.78 is 0. The monoisotopic (exact) mass is 119 g/mol. The maximum atomic E-state index is 10.2. The van der Waals surface area contributed by atoms with E-state index in [0.29, 0.717) is 0 Å². The summed E-state index contributed by atoms with van der Waals surface area (Å²) in [6.07, 6.45) is -1.29. The van der Waals surface area contributed by atoms with Crippen molar-refractivity contribution < 1.29 is 15.0 Å². The summed E-state index contributed by atoms with van der Waals surface area (Å²) in [5.74, 6) is -0.535. The highest BCUT2D eigenvalue weighted by molar-refractivity contribution is 5.84. The molecule has 0 saturated heterocycles. The minimum absolute atomic E-state index is 0.221. The zero-order valence-corrected chi connectivity index (χ0v) is 4.37. The first-order valence-corrected chi connectivity index (χ1v) is 2.24. The number of carbonyl (C=O) groups excluding carboxylic acids is 1. The van der Waals surface area contributed by atoms with Gasteiger partial charge in [-0.3, -0.25) is 4.79 Å². The molecule has 0 aliphatic carbocycles. The average Bonchev–Trinajstić information content (AvgIpc) is 1.84. The molecule has 1 atom stereocenters. The van der Waals surface area contributed by atoms with E-state index in [4.69, 9.17) is 15.9 Å². The van der Waals surface area contributed by atoms with Gasteiger partial charge < -0.3 is 15.9 Å². The van der Waals surface area contributed by atoms with Crippen molar-refractivity contribution in [3.8, 4) is 0 Å². The Morgan fingerprint density at radius 1 is 1.75 bits per heavy atom. The van der Waals surface area contributed by atoms with Crippen molar-refractivity contribution in [2.24, 2.45) is 5.73 Å². The van der Waals surface area contributed by atoms with Gasteiger partial charge in [-0.15, -0.1) is 0 Å². The number of nitrogens with two attached hydrogens (primary N) is 1. The largest absolute Gasteiger partial charge is 0.393 e. The highest BCUT2D eigenvalue weighted by Crippen LogP contribution is 1.79. The molecule has 0 heterocycles. The summed E-state index contributed by atoms with van der Waals surface area (Å²) in [4.78, 5) is 10.2. The fourth-order valence-corrected chi connectivity index (χ4v) is 0.238. The van der Waals surface area contributed by atoms with Gasteiger partial charge in [0.15, 0.2) is 5.78 Å². The van der Waals surface area contributed by atoms with Crippen LogP contribution in [0.25, 0.3) is 0 Å². The fraction of sp³-hybridized carbons (Fsp3) is 0.750. The number of Topliss-reactive ketones (excluding diaryl/α,β-unsaturated/α-hetero) is 1. The summed E-state index contributed by atoms with van der Waals surface area (Å²) in [5.41, 5.74) is 4.83. The molecule has 0 rings (SSSR count). The van der Waals surface area contributed by atoms with Crippen LogP contribution in [0.15, 0.2) is 0 Å². The van der Waals surface area contributed by atoms with Gasteiger partial charge in [-0.25, -0.2) is 0 Å². The van der Waals surface area contributed by atoms with Gasteiger partial charge in [0.2, 0.25) is 0 Å². The molecule has 0 radical (unpaired) electrons. The Labute approximate surface area is 46.9 Å². The number of ketones is 1. The lowest BCUT2D eigenvalue weighted by atomic mass is 10.2. The number of hydrogen-bond acceptors (Lipinski definition) is 4. The number of carbonyl (C=O) groups is 1. The van der Waals surface area contributed by atoms with Crippen LogP contribution in [-0.4, -0.2) is 35.3 Å². The lowest BCUT2D eigenvalue weighted by Crippen LogP contribution is -2.30. The predicted octanol–water partition coefficient (Wildman–Crippen LogP) is -2.13. The Bertz CT molecular complexity index is 83.4. The molecule has 0 aromatic heterocycles. The van der Waals surface area contributed by atoms with E-state index in [9.17, 15) is 4.79 Å². The van der Waals surface area contributed by atoms with Gasteiger partial charge in [-0.1, -0.05) is 0 Å². The van der Waals surface area contributed by atoms with Crippen LogP contribution in [0.3, 0.4) is 0 Å². The van der Waals surface area contributed by atoms with Gasteiger partial charge in [-0.05, 0) is 0 Å². The first-order chi connectivity index (χ1) is 3.72. The topological polar surface area (TPSA) is 83.6 Å². The summed E-state index contributed by atoms with van der Waals surface area (Å²) in [5, 5.41) is 16.6. The van der Waals surface area contributed by atoms with Crippen LogP contribution in [0.4, 0.5) is 0 Å². The van der Waals surface area contributed by atoms with Crippen molar-refractivity contribution in [1.29, 1.82) is 0 Å². The van der Waals surface area contributed by atoms with Crippen LogP contribution in [-0.2, 0) is 4.79 Å². The molecule has 4 N–H and O–H groups in total. The van der Waals surface area contributed by atoms with Crippen molar-refractivity contribution in [2.45, 2.75) is 6.10 Å². The van der Waals surface area contributed by atoms with Crippen molar-refractivity contribution >= 4 is 5.78 Å². The summed E-state index contributed by atoms with van der Waals surface area (Å²) >= 11 is 0. The van der Waals surface area contributed by atoms with Crippen molar-refractivity contribution in [3.63, 3.8) is 0 Å². The van der Waals surface area contributed by atoms with Gasteiger partial charge in [0.25, 0.3) is 0 Å². The molecule has 0 aromatic rings. The van der Waals surface area contributed by atoms with Gasteiger partial charge in [0, 0.05) is 0 Å². The molecule has 4 nitrogen and oxygen atoms in total. The smallest absolute Gasteiger partial charge is 0.177 e. The molecule has 0 aliphatic heterocycles. The molecule has 0 saturated carbocycles. The number of hydrogen-bond donors (Lipinski definition) is 3. The minimum Gasteiger partial charge on any atom is -0.393 e. The van der Waals surface area contributed by atoms with E-state index in [1.54, 1.807) is 0 Å². The van der Waals surface area contributed by atoms with Crippen LogP contribution in [0.5, 0.6) is 0 Å². The van der Waals surface area contributed by atoms with E-state index in [1.165, 1.54) is 0 Å². The molecule has 0 aromatic carbocycles. The molecular formula is C4H9NO3. The standard InChI is InChI=1S/C4H9NO3/c5-1-3(7)4(8)2-6/h4,6,8H,1-2,5H2/t4-/m1/s1. The maximum absolute atomic E-state index is 10.2. The second kappa shape index (κ2) is 3.54. The summed E-state index contributed by atoms with van der Waals surface area (Å²) in [6, 6.07) is 0. The Hall–Kier alpha value is -0.450. The molecule has 0 unspecified atom stereocenters. The zero-order valence-electron chi connectivity index (χ0n) is 4.37. The van der Waals surface area contributed by atoms with E-state index >= 15 is 0 Å². The molecule has 0 aliphatic rings. The van der Waals surface area contributed by atoms with Crippen LogP contribution in [0.2, 0.25) is 0 Å². The van der Waals surface area contributed by atoms with Crippen LogP contribution in [0.1, 0.15) is 0 Å². The molecular weight excluding hydrogens is 110 g/mol. The predicted molar refractivity (Wildman–Crippen MR) is 27.2 cm³/mol. The third kappa shape index (κ3) is 2.02. The third-order valence-corrected chi connectivity index (χ3v) is 0.746. The van der Waals surface area contributed by atoms with Crippen molar-refractivity contribution in [1.82, 2.24) is 0 Å². The quantitative estimate of drug-likeness (QED) is 0.396.